The van der Waals surface area contributed by atoms with Crippen molar-refractivity contribution in [2.24, 2.45) is 0 Å². The van der Waals surface area contributed by atoms with Gasteiger partial charge in [-0.2, -0.15) is 0 Å². The Morgan fingerprint density at radius 3 is 0.945 bits per heavy atom. The minimum absolute atomic E-state index is 1.14. The Balaban J connectivity index is 0.000000104. The first-order valence-corrected chi connectivity index (χ1v) is 47.8. The molecule has 27 rings (SSSR count). The molecule has 0 unspecified atom stereocenters. The van der Waals surface area contributed by atoms with Gasteiger partial charge in [-0.15, -0.1) is 68.0 Å². The van der Waals surface area contributed by atoms with E-state index in [2.05, 4.69) is 457 Å². The number of nitrogens with zero attached hydrogens (tertiary/aromatic N) is 3. The Hall–Kier alpha value is -14.6. The minimum Gasteiger partial charge on any atom is -0.311 e. The van der Waals surface area contributed by atoms with Crippen molar-refractivity contribution in [3.05, 3.63) is 443 Å². The highest BCUT2D eigenvalue weighted by Gasteiger charge is 2.25. The number of rotatable bonds is 11. The van der Waals surface area contributed by atoms with E-state index < -0.39 is 0 Å². The van der Waals surface area contributed by atoms with Crippen LogP contribution in [-0.2, 0) is 0 Å². The Morgan fingerprint density at radius 1 is 0.173 bits per heavy atom. The molecule has 0 fully saturated rings. The molecule has 0 atom stereocenters. The lowest BCUT2D eigenvalue weighted by molar-refractivity contribution is 1.20. The molecular formula is C118H73N3S6. The molecular weight excluding hydrogens is 1650 g/mol. The summed E-state index contributed by atoms with van der Waals surface area (Å²) >= 11 is 11.4. The molecule has 0 amide bonds. The van der Waals surface area contributed by atoms with Gasteiger partial charge in [-0.1, -0.05) is 291 Å². The fraction of sp³-hybridized carbons (Fsp3) is 0. The summed E-state index contributed by atoms with van der Waals surface area (Å²) in [7, 11) is 0. The Labute approximate surface area is 756 Å². The second-order valence-electron chi connectivity index (χ2n) is 32.4. The summed E-state index contributed by atoms with van der Waals surface area (Å²) in [5.74, 6) is 0. The molecule has 0 saturated carbocycles. The van der Waals surface area contributed by atoms with E-state index in [1.807, 2.05) is 68.0 Å². The Bertz CT molecular complexity index is 8810. The predicted octanol–water partition coefficient (Wildman–Crippen LogP) is 37.1. The molecule has 0 aliphatic carbocycles. The number of aromatic nitrogens is 1. The zero-order valence-corrected chi connectivity index (χ0v) is 73.3. The molecule has 0 aliphatic rings. The van der Waals surface area contributed by atoms with Crippen molar-refractivity contribution in [1.29, 1.82) is 0 Å². The van der Waals surface area contributed by atoms with Crippen LogP contribution in [0.5, 0.6) is 0 Å². The molecule has 0 spiro atoms. The maximum absolute atomic E-state index is 2.51. The van der Waals surface area contributed by atoms with Gasteiger partial charge in [0.05, 0.1) is 22.4 Å². The van der Waals surface area contributed by atoms with E-state index in [1.54, 1.807) is 0 Å². The van der Waals surface area contributed by atoms with Gasteiger partial charge >= 0.3 is 0 Å². The molecule has 27 aromatic rings. The van der Waals surface area contributed by atoms with Crippen molar-refractivity contribution in [1.82, 2.24) is 4.57 Å². The summed E-state index contributed by atoms with van der Waals surface area (Å²) < 4.78 is 18.8. The van der Waals surface area contributed by atoms with Gasteiger partial charge in [0.2, 0.25) is 0 Å². The molecule has 3 nitrogen and oxygen atoms in total. The molecule has 0 radical (unpaired) electrons. The van der Waals surface area contributed by atoms with Crippen molar-refractivity contribution in [3.63, 3.8) is 0 Å². The number of benzene rings is 20. The third-order valence-electron chi connectivity index (χ3n) is 25.1. The van der Waals surface area contributed by atoms with Crippen LogP contribution in [0.3, 0.4) is 0 Å². The van der Waals surface area contributed by atoms with E-state index in [9.17, 15) is 0 Å². The number of para-hydroxylation sites is 3. The molecule has 0 aliphatic heterocycles. The Morgan fingerprint density at radius 2 is 0.496 bits per heavy atom. The average Bonchev–Trinajstić information content (AvgIpc) is 1.56. The number of thiophene rings is 6. The largest absolute Gasteiger partial charge is 0.311 e. The summed E-state index contributed by atoms with van der Waals surface area (Å²) in [5.41, 5.74) is 20.6. The first-order valence-electron chi connectivity index (χ1n) is 42.9. The second kappa shape index (κ2) is 31.3. The molecule has 9 heteroatoms. The molecule has 0 saturated heterocycles. The normalized spacial score (nSPS) is 11.8. The summed E-state index contributed by atoms with van der Waals surface area (Å²) in [6.45, 7) is 0. The summed E-state index contributed by atoms with van der Waals surface area (Å²) in [6, 6.07) is 161. The first kappa shape index (κ1) is 75.0. The number of anilines is 6. The van der Waals surface area contributed by atoms with Crippen LogP contribution in [0.2, 0.25) is 0 Å². The zero-order valence-electron chi connectivity index (χ0n) is 68.4. The smallest absolute Gasteiger partial charge is 0.0555 e. The lowest BCUT2D eigenvalue weighted by atomic mass is 9.98. The van der Waals surface area contributed by atoms with Crippen molar-refractivity contribution in [2.45, 2.75) is 0 Å². The summed E-state index contributed by atoms with van der Waals surface area (Å²) in [5, 5.41) is 21.3. The number of hydrogen-bond acceptors (Lipinski definition) is 8. The third kappa shape index (κ3) is 12.8. The van der Waals surface area contributed by atoms with Crippen LogP contribution >= 0.6 is 68.0 Å². The van der Waals surface area contributed by atoms with Gasteiger partial charge < -0.3 is 14.4 Å². The molecule has 127 heavy (non-hydrogen) atoms. The SMILES string of the molecule is c1ccc(-c2ccc3c(c2)c2cc(-c4ccccc4)ccc2n3-c2cccc3sc4ccc5c6ccccc6sc5c4c23)cc1.c1ccc(N(c2ccc(-c3cccc4sc5ccc6c7ccccc7sc6c5c34)cc2)c2cccc3ccccc23)cc1.c1ccc(N(c2ccccc2)c2ccc(-c3cccc4sc5ccc6c7ccccc7sc6c5c34)cc2)cc1. The van der Waals surface area contributed by atoms with E-state index in [-0.39, 0.29) is 0 Å². The minimum atomic E-state index is 1.14. The van der Waals surface area contributed by atoms with Crippen LogP contribution in [0.15, 0.2) is 443 Å². The van der Waals surface area contributed by atoms with E-state index in [4.69, 9.17) is 0 Å². The topological polar surface area (TPSA) is 11.4 Å². The van der Waals surface area contributed by atoms with E-state index >= 15 is 0 Å². The van der Waals surface area contributed by atoms with Gasteiger partial charge in [0.1, 0.15) is 0 Å². The third-order valence-corrected chi connectivity index (χ3v) is 32.1. The van der Waals surface area contributed by atoms with Crippen LogP contribution in [-0.4, -0.2) is 4.57 Å². The van der Waals surface area contributed by atoms with Crippen molar-refractivity contribution < 1.29 is 0 Å². The molecule has 7 heterocycles. The van der Waals surface area contributed by atoms with Gasteiger partial charge in [-0.3, -0.25) is 0 Å². The fourth-order valence-corrected chi connectivity index (χ4v) is 26.8. The molecule has 0 bridgehead atoms. The van der Waals surface area contributed by atoms with Gasteiger partial charge in [0, 0.05) is 166 Å². The van der Waals surface area contributed by atoms with Gasteiger partial charge in [-0.05, 0) is 202 Å². The van der Waals surface area contributed by atoms with Crippen molar-refractivity contribution >= 4 is 256 Å². The zero-order chi connectivity index (χ0) is 83.6. The fourth-order valence-electron chi connectivity index (χ4n) is 19.4. The van der Waals surface area contributed by atoms with Crippen LogP contribution in [0.25, 0.3) is 204 Å². The summed E-state index contributed by atoms with van der Waals surface area (Å²) in [4.78, 5) is 4.68. The lowest BCUT2D eigenvalue weighted by Gasteiger charge is -2.27. The van der Waals surface area contributed by atoms with E-state index in [1.165, 1.54) is 209 Å². The second-order valence-corrected chi connectivity index (χ2v) is 38.8. The average molecular weight is 1730 g/mol. The number of fused-ring (bicyclic) bond motifs is 25. The van der Waals surface area contributed by atoms with Gasteiger partial charge in [0.15, 0.2) is 0 Å². The Kier molecular flexibility index (Phi) is 18.4. The molecule has 0 N–H and O–H groups in total. The highest BCUT2D eigenvalue weighted by atomic mass is 32.1. The van der Waals surface area contributed by atoms with Gasteiger partial charge in [0.25, 0.3) is 0 Å². The monoisotopic (exact) mass is 1720 g/mol. The van der Waals surface area contributed by atoms with Crippen molar-refractivity contribution in [3.8, 4) is 50.2 Å². The van der Waals surface area contributed by atoms with Crippen LogP contribution < -0.4 is 9.80 Å². The highest BCUT2D eigenvalue weighted by molar-refractivity contribution is 7.31. The molecule has 20 aromatic carbocycles. The maximum Gasteiger partial charge on any atom is 0.0555 e. The summed E-state index contributed by atoms with van der Waals surface area (Å²) in [6.07, 6.45) is 0. The first-order chi connectivity index (χ1) is 63.0. The number of hydrogen-bond donors (Lipinski definition) is 0. The van der Waals surface area contributed by atoms with Crippen LogP contribution in [0.1, 0.15) is 0 Å². The van der Waals surface area contributed by atoms with Gasteiger partial charge in [-0.25, -0.2) is 0 Å². The standard InChI is InChI=1S/C42H25NS2.C40H25NS2.C36H23NS2/c1-3-10-26(11-4-1)28-18-21-34-32(24-28)33-25-29(27-12-5-2-6-13-27)19-22-35(33)43(34)36-15-9-17-38-40(36)41-39(44-38)23-20-31-30-14-7-8-16-37(30)45-42(31)41;1-2-12-28(13-3-1)41(34-17-8-11-26-10-4-5-14-30(26)34)29-22-20-27(21-23-29)31-16-9-19-36-38(31)39-37(42-36)25-24-33-32-15-6-7-18-35(32)43-40(33)39;1-3-10-25(11-4-1)37(26-12-5-2-6-13-26)27-20-18-24(19-21-27)28-15-9-17-32-34(28)35-33(38-32)23-22-30-29-14-7-8-16-31(29)39-36(30)35/h1-25H;1-25H;1-23H. The van der Waals surface area contributed by atoms with Crippen molar-refractivity contribution in [2.75, 3.05) is 9.80 Å². The predicted molar refractivity (Wildman–Crippen MR) is 560 cm³/mol. The van der Waals surface area contributed by atoms with E-state index in [0.717, 1.165) is 28.4 Å². The lowest BCUT2D eigenvalue weighted by Crippen LogP contribution is -2.10. The van der Waals surface area contributed by atoms with Crippen LogP contribution in [0.4, 0.5) is 34.1 Å². The maximum atomic E-state index is 2.51. The highest BCUT2D eigenvalue weighted by Crippen LogP contribution is 2.53. The molecule has 7 aromatic heterocycles. The quantitative estimate of drug-likeness (QED) is 0.128. The van der Waals surface area contributed by atoms with E-state index in [0.29, 0.717) is 0 Å². The van der Waals surface area contributed by atoms with Crippen LogP contribution in [0, 0.1) is 0 Å². The molecule has 596 valence electrons.